The van der Waals surface area contributed by atoms with E-state index in [1.54, 1.807) is 25.3 Å². The summed E-state index contributed by atoms with van der Waals surface area (Å²) in [5.41, 5.74) is 1.06. The molecule has 3 aliphatic rings. The van der Waals surface area contributed by atoms with Crippen LogP contribution in [0.2, 0.25) is 0 Å². The minimum Gasteiger partial charge on any atom is -0.374 e. The number of ether oxygens (including phenoxy) is 1. The monoisotopic (exact) mass is 386 g/mol. The fraction of sp³-hybridized carbons (Fsp3) is 0.474. The Hall–Kier alpha value is -2.62. The SMILES string of the molecule is COC1(CNCc2cccc3c2C(=O)N(C2CCC(=O)NC2=O)C3=O)CNC1. The molecule has 1 aromatic rings. The number of imide groups is 2. The Bertz CT molecular complexity index is 858. The Morgan fingerprint density at radius 3 is 2.64 bits per heavy atom. The second kappa shape index (κ2) is 7.08. The van der Waals surface area contributed by atoms with Crippen LogP contribution in [0.3, 0.4) is 0 Å². The Balaban J connectivity index is 1.52. The third-order valence-corrected chi connectivity index (χ3v) is 5.64. The third kappa shape index (κ3) is 3.01. The average Bonchev–Trinajstić information content (AvgIpc) is 2.89. The van der Waals surface area contributed by atoms with Gasteiger partial charge in [0.05, 0.1) is 11.1 Å². The second-order valence-corrected chi connectivity index (χ2v) is 7.38. The van der Waals surface area contributed by atoms with E-state index < -0.39 is 23.8 Å². The first-order valence-electron chi connectivity index (χ1n) is 9.26. The quantitative estimate of drug-likeness (QED) is 0.546. The summed E-state index contributed by atoms with van der Waals surface area (Å²) in [5.74, 6) is -1.98. The fourth-order valence-corrected chi connectivity index (χ4v) is 3.90. The maximum atomic E-state index is 13.0. The number of hydrogen-bond donors (Lipinski definition) is 3. The zero-order valence-electron chi connectivity index (χ0n) is 15.5. The molecule has 4 rings (SSSR count). The van der Waals surface area contributed by atoms with Gasteiger partial charge in [-0.25, -0.2) is 0 Å². The predicted molar refractivity (Wildman–Crippen MR) is 97.4 cm³/mol. The second-order valence-electron chi connectivity index (χ2n) is 7.38. The fourth-order valence-electron chi connectivity index (χ4n) is 3.90. The maximum Gasteiger partial charge on any atom is 0.262 e. The van der Waals surface area contributed by atoms with E-state index >= 15 is 0 Å². The number of methoxy groups -OCH3 is 1. The van der Waals surface area contributed by atoms with Crippen molar-refractivity contribution in [2.75, 3.05) is 26.7 Å². The first-order valence-corrected chi connectivity index (χ1v) is 9.26. The highest BCUT2D eigenvalue weighted by Crippen LogP contribution is 2.30. The number of carbonyl (C=O) groups is 4. The van der Waals surface area contributed by atoms with Crippen LogP contribution >= 0.6 is 0 Å². The van der Waals surface area contributed by atoms with Crippen molar-refractivity contribution in [3.63, 3.8) is 0 Å². The highest BCUT2D eigenvalue weighted by atomic mass is 16.5. The van der Waals surface area contributed by atoms with E-state index in [0.717, 1.165) is 18.0 Å². The van der Waals surface area contributed by atoms with E-state index in [0.29, 0.717) is 29.8 Å². The molecule has 0 saturated carbocycles. The van der Waals surface area contributed by atoms with E-state index in [9.17, 15) is 19.2 Å². The van der Waals surface area contributed by atoms with Crippen LogP contribution in [0.1, 0.15) is 39.1 Å². The summed E-state index contributed by atoms with van der Waals surface area (Å²) < 4.78 is 5.53. The number of hydrogen-bond acceptors (Lipinski definition) is 7. The minimum atomic E-state index is -0.955. The first kappa shape index (κ1) is 18.7. The average molecular weight is 386 g/mol. The number of carbonyl (C=O) groups excluding carboxylic acids is 4. The van der Waals surface area contributed by atoms with Crippen molar-refractivity contribution in [1.29, 1.82) is 0 Å². The predicted octanol–water partition coefficient (Wildman–Crippen LogP) is -0.834. The standard InChI is InChI=1S/C19H22N4O5/c1-28-19(9-21-10-19)8-20-7-11-3-2-4-12-15(11)18(27)23(17(12)26)13-5-6-14(24)22-16(13)25/h2-4,13,20-21H,5-10H2,1H3,(H,22,24,25). The van der Waals surface area contributed by atoms with Gasteiger partial charge in [0, 0.05) is 39.7 Å². The van der Waals surface area contributed by atoms with Crippen LogP contribution in [0.4, 0.5) is 0 Å². The lowest BCUT2D eigenvalue weighted by Gasteiger charge is -2.41. The molecule has 2 fully saturated rings. The Morgan fingerprint density at radius 1 is 1.21 bits per heavy atom. The molecule has 2 saturated heterocycles. The van der Waals surface area contributed by atoms with Crippen molar-refractivity contribution in [2.45, 2.75) is 31.0 Å². The van der Waals surface area contributed by atoms with Crippen molar-refractivity contribution in [2.24, 2.45) is 0 Å². The molecule has 9 nitrogen and oxygen atoms in total. The van der Waals surface area contributed by atoms with Gasteiger partial charge in [-0.05, 0) is 18.1 Å². The van der Waals surface area contributed by atoms with Crippen molar-refractivity contribution in [1.82, 2.24) is 20.9 Å². The molecule has 3 N–H and O–H groups in total. The van der Waals surface area contributed by atoms with Gasteiger partial charge in [-0.3, -0.25) is 29.4 Å². The van der Waals surface area contributed by atoms with E-state index in [1.807, 2.05) is 0 Å². The van der Waals surface area contributed by atoms with Crippen molar-refractivity contribution in [3.8, 4) is 0 Å². The summed E-state index contributed by atoms with van der Waals surface area (Å²) in [6.07, 6.45) is 0.248. The zero-order valence-corrected chi connectivity index (χ0v) is 15.5. The van der Waals surface area contributed by atoms with E-state index in [2.05, 4.69) is 16.0 Å². The van der Waals surface area contributed by atoms with E-state index in [-0.39, 0.29) is 24.3 Å². The van der Waals surface area contributed by atoms with Gasteiger partial charge in [-0.1, -0.05) is 12.1 Å². The molecule has 0 spiro atoms. The highest BCUT2D eigenvalue weighted by Gasteiger charge is 2.45. The number of rotatable bonds is 6. The Morgan fingerprint density at radius 2 is 2.00 bits per heavy atom. The van der Waals surface area contributed by atoms with Gasteiger partial charge in [-0.2, -0.15) is 0 Å². The van der Waals surface area contributed by atoms with Gasteiger partial charge in [0.15, 0.2) is 0 Å². The van der Waals surface area contributed by atoms with Crippen LogP contribution in [-0.4, -0.2) is 66.9 Å². The first-order chi connectivity index (χ1) is 13.5. The lowest BCUT2D eigenvalue weighted by Crippen LogP contribution is -2.65. The Labute approximate surface area is 161 Å². The van der Waals surface area contributed by atoms with Crippen molar-refractivity contribution >= 4 is 23.6 Å². The molecular weight excluding hydrogens is 364 g/mol. The number of nitrogens with zero attached hydrogens (tertiary/aromatic N) is 1. The van der Waals surface area contributed by atoms with Crippen LogP contribution in [0.15, 0.2) is 18.2 Å². The number of piperidine rings is 1. The van der Waals surface area contributed by atoms with Gasteiger partial charge < -0.3 is 15.4 Å². The van der Waals surface area contributed by atoms with Crippen molar-refractivity contribution in [3.05, 3.63) is 34.9 Å². The molecule has 1 unspecified atom stereocenters. The van der Waals surface area contributed by atoms with Crippen LogP contribution in [0, 0.1) is 0 Å². The summed E-state index contributed by atoms with van der Waals surface area (Å²) in [5, 5.41) is 8.67. The molecule has 0 aromatic heterocycles. The van der Waals surface area contributed by atoms with E-state index in [4.69, 9.17) is 4.74 Å². The van der Waals surface area contributed by atoms with Gasteiger partial charge in [0.25, 0.3) is 11.8 Å². The van der Waals surface area contributed by atoms with Gasteiger partial charge in [0.2, 0.25) is 11.8 Å². The van der Waals surface area contributed by atoms with E-state index in [1.165, 1.54) is 0 Å². The maximum absolute atomic E-state index is 13.0. The molecule has 0 bridgehead atoms. The Kier molecular flexibility index (Phi) is 4.74. The molecular formula is C19H22N4O5. The highest BCUT2D eigenvalue weighted by molar-refractivity contribution is 6.24. The minimum absolute atomic E-state index is 0.103. The molecule has 1 aromatic carbocycles. The molecule has 148 valence electrons. The van der Waals surface area contributed by atoms with Crippen molar-refractivity contribution < 1.29 is 23.9 Å². The normalized spacial score (nSPS) is 23.5. The molecule has 4 amide bonds. The zero-order chi connectivity index (χ0) is 19.9. The summed E-state index contributed by atoms with van der Waals surface area (Å²) >= 11 is 0. The van der Waals surface area contributed by atoms with Crippen LogP contribution in [0.25, 0.3) is 0 Å². The van der Waals surface area contributed by atoms with Gasteiger partial charge in [-0.15, -0.1) is 0 Å². The van der Waals surface area contributed by atoms with Crippen LogP contribution in [0.5, 0.6) is 0 Å². The smallest absolute Gasteiger partial charge is 0.262 e. The lowest BCUT2D eigenvalue weighted by atomic mass is 9.96. The van der Waals surface area contributed by atoms with Gasteiger partial charge in [0.1, 0.15) is 11.6 Å². The molecule has 0 aliphatic carbocycles. The third-order valence-electron chi connectivity index (χ3n) is 5.64. The summed E-state index contributed by atoms with van der Waals surface area (Å²) in [4.78, 5) is 50.4. The number of benzene rings is 1. The molecule has 0 radical (unpaired) electrons. The topological polar surface area (TPSA) is 117 Å². The van der Waals surface area contributed by atoms with Crippen LogP contribution in [-0.2, 0) is 20.9 Å². The summed E-state index contributed by atoms with van der Waals surface area (Å²) in [6, 6.07) is 4.16. The largest absolute Gasteiger partial charge is 0.374 e. The molecule has 9 heteroatoms. The van der Waals surface area contributed by atoms with Crippen LogP contribution < -0.4 is 16.0 Å². The summed E-state index contributed by atoms with van der Waals surface area (Å²) in [7, 11) is 1.67. The molecule has 3 aliphatic heterocycles. The molecule has 28 heavy (non-hydrogen) atoms. The van der Waals surface area contributed by atoms with Gasteiger partial charge >= 0.3 is 0 Å². The summed E-state index contributed by atoms with van der Waals surface area (Å²) in [6.45, 7) is 2.52. The number of amides is 4. The number of fused-ring (bicyclic) bond motifs is 1. The lowest BCUT2D eigenvalue weighted by molar-refractivity contribution is -0.136. The molecule has 3 heterocycles. The molecule has 1 atom stereocenters. The number of nitrogens with one attached hydrogen (secondary N) is 3.